The number of thiophene rings is 1. The molecule has 0 N–H and O–H groups in total. The molecule has 3 rings (SSSR count). The number of carbonyl (C=O) groups is 1. The molecule has 1 unspecified atom stereocenters. The molecule has 1 amide bonds. The summed E-state index contributed by atoms with van der Waals surface area (Å²) in [5.74, 6) is 0.0346. The first-order valence-corrected chi connectivity index (χ1v) is 9.32. The Morgan fingerprint density at radius 2 is 1.96 bits per heavy atom. The van der Waals surface area contributed by atoms with Crippen molar-refractivity contribution in [1.82, 2.24) is 4.90 Å². The highest BCUT2D eigenvalue weighted by molar-refractivity contribution is 7.17. The monoisotopic (exact) mass is 357 g/mol. The highest BCUT2D eigenvalue weighted by atomic mass is 35.5. The normalized spacial score (nSPS) is 12.3. The van der Waals surface area contributed by atoms with Gasteiger partial charge in [0, 0.05) is 44.9 Å². The first-order chi connectivity index (χ1) is 11.5. The summed E-state index contributed by atoms with van der Waals surface area (Å²) in [6.45, 7) is 4.15. The predicted octanol–water partition coefficient (Wildman–Crippen LogP) is 6.09. The fourth-order valence-corrected chi connectivity index (χ4v) is 3.87. The first kappa shape index (κ1) is 17.0. The number of carbonyl (C=O) groups excluding carboxylic acids is 1. The van der Waals surface area contributed by atoms with E-state index < -0.39 is 0 Å². The Bertz CT molecular complexity index is 886. The van der Waals surface area contributed by atoms with Gasteiger partial charge in [0.15, 0.2) is 0 Å². The van der Waals surface area contributed by atoms with E-state index in [2.05, 4.69) is 25.3 Å². The molecule has 0 spiro atoms. The minimum Gasteiger partial charge on any atom is -0.339 e. The number of benzene rings is 2. The topological polar surface area (TPSA) is 20.3 Å². The molecule has 124 valence electrons. The molecule has 1 heterocycles. The molecule has 0 fully saturated rings. The van der Waals surface area contributed by atoms with Crippen LogP contribution in [-0.2, 0) is 0 Å². The summed E-state index contributed by atoms with van der Waals surface area (Å²) in [5, 5.41) is 3.80. The highest BCUT2D eigenvalue weighted by Crippen LogP contribution is 2.38. The van der Waals surface area contributed by atoms with Crippen molar-refractivity contribution in [2.45, 2.75) is 26.3 Å². The Hall–Kier alpha value is -1.84. The van der Waals surface area contributed by atoms with E-state index in [0.717, 1.165) is 27.6 Å². The molecular weight excluding hydrogens is 338 g/mol. The summed E-state index contributed by atoms with van der Waals surface area (Å²) in [5.41, 5.74) is 2.54. The third-order valence-corrected chi connectivity index (χ3v) is 5.79. The highest BCUT2D eigenvalue weighted by Gasteiger charge is 2.22. The largest absolute Gasteiger partial charge is 0.339 e. The molecule has 3 aromatic rings. The van der Waals surface area contributed by atoms with E-state index in [-0.39, 0.29) is 11.9 Å². The number of hydrogen-bond donors (Lipinski definition) is 0. The van der Waals surface area contributed by atoms with Crippen LogP contribution in [0.1, 0.15) is 30.6 Å². The lowest BCUT2D eigenvalue weighted by Crippen LogP contribution is -2.34. The van der Waals surface area contributed by atoms with E-state index >= 15 is 0 Å². The van der Waals surface area contributed by atoms with E-state index in [0.29, 0.717) is 10.6 Å². The molecule has 2 aromatic carbocycles. The number of fused-ring (bicyclic) bond motifs is 1. The molecule has 4 heteroatoms. The molecule has 0 saturated heterocycles. The van der Waals surface area contributed by atoms with Crippen LogP contribution < -0.4 is 0 Å². The molecule has 1 aromatic heterocycles. The van der Waals surface area contributed by atoms with Gasteiger partial charge in [0.2, 0.25) is 0 Å². The molecule has 2 nitrogen and oxygen atoms in total. The lowest BCUT2D eigenvalue weighted by Gasteiger charge is -2.25. The summed E-state index contributed by atoms with van der Waals surface area (Å²) in [6.07, 6.45) is 0.921. The van der Waals surface area contributed by atoms with E-state index in [4.69, 9.17) is 11.6 Å². The Morgan fingerprint density at radius 3 is 2.67 bits per heavy atom. The van der Waals surface area contributed by atoms with Crippen LogP contribution in [0.15, 0.2) is 47.8 Å². The summed E-state index contributed by atoms with van der Waals surface area (Å²) in [7, 11) is 1.87. The van der Waals surface area contributed by atoms with Crippen molar-refractivity contribution in [3.05, 3.63) is 58.4 Å². The molecule has 0 bridgehead atoms. The van der Waals surface area contributed by atoms with Crippen molar-refractivity contribution >= 4 is 38.9 Å². The van der Waals surface area contributed by atoms with Gasteiger partial charge in [-0.15, -0.1) is 11.3 Å². The van der Waals surface area contributed by atoms with E-state index in [1.54, 1.807) is 11.3 Å². The van der Waals surface area contributed by atoms with Crippen molar-refractivity contribution in [1.29, 1.82) is 0 Å². The fraction of sp³-hybridized carbons (Fsp3) is 0.250. The Kier molecular flexibility index (Phi) is 4.93. The van der Waals surface area contributed by atoms with Crippen molar-refractivity contribution in [2.24, 2.45) is 0 Å². The van der Waals surface area contributed by atoms with Gasteiger partial charge in [-0.05, 0) is 43.0 Å². The van der Waals surface area contributed by atoms with E-state index in [1.165, 1.54) is 0 Å². The Morgan fingerprint density at radius 1 is 1.21 bits per heavy atom. The van der Waals surface area contributed by atoms with Gasteiger partial charge in [-0.3, -0.25) is 4.79 Å². The molecule has 0 radical (unpaired) electrons. The van der Waals surface area contributed by atoms with Crippen LogP contribution in [0.5, 0.6) is 0 Å². The first-order valence-electron chi connectivity index (χ1n) is 8.06. The molecular formula is C20H20ClNOS. The third-order valence-electron chi connectivity index (χ3n) is 4.58. The molecule has 0 saturated carbocycles. The number of hydrogen-bond acceptors (Lipinski definition) is 2. The zero-order valence-corrected chi connectivity index (χ0v) is 15.6. The SMILES string of the molecule is CCC(C)N(C)C(=O)c1ccc2sccc2c1-c1ccccc1Cl. The van der Waals surface area contributed by atoms with Gasteiger partial charge < -0.3 is 4.90 Å². The molecule has 24 heavy (non-hydrogen) atoms. The van der Waals surface area contributed by atoms with Gasteiger partial charge in [0.1, 0.15) is 0 Å². The van der Waals surface area contributed by atoms with Crippen molar-refractivity contribution in [2.75, 3.05) is 7.05 Å². The van der Waals surface area contributed by atoms with E-state index in [9.17, 15) is 4.79 Å². The second-order valence-electron chi connectivity index (χ2n) is 5.97. The second-order valence-corrected chi connectivity index (χ2v) is 7.33. The van der Waals surface area contributed by atoms with E-state index in [1.807, 2.05) is 48.3 Å². The number of rotatable bonds is 4. The minimum atomic E-state index is 0.0346. The number of nitrogens with zero attached hydrogens (tertiary/aromatic N) is 1. The summed E-state index contributed by atoms with van der Waals surface area (Å²) >= 11 is 8.12. The van der Waals surface area contributed by atoms with Gasteiger partial charge >= 0.3 is 0 Å². The smallest absolute Gasteiger partial charge is 0.254 e. The van der Waals surface area contributed by atoms with Crippen LogP contribution in [0.2, 0.25) is 5.02 Å². The van der Waals surface area contributed by atoms with Crippen LogP contribution >= 0.6 is 22.9 Å². The van der Waals surface area contributed by atoms with Gasteiger partial charge in [0.05, 0.1) is 0 Å². The Balaban J connectivity index is 2.24. The second kappa shape index (κ2) is 6.96. The van der Waals surface area contributed by atoms with Gasteiger partial charge in [-0.25, -0.2) is 0 Å². The quantitative estimate of drug-likeness (QED) is 0.553. The van der Waals surface area contributed by atoms with Gasteiger partial charge in [0.25, 0.3) is 5.91 Å². The number of amides is 1. The average Bonchev–Trinajstić information content (AvgIpc) is 3.08. The van der Waals surface area contributed by atoms with Crippen LogP contribution in [0.25, 0.3) is 21.2 Å². The predicted molar refractivity (Wildman–Crippen MR) is 104 cm³/mol. The number of halogens is 1. The van der Waals surface area contributed by atoms with Gasteiger partial charge in [-0.2, -0.15) is 0 Å². The molecule has 0 aliphatic rings. The van der Waals surface area contributed by atoms with Gasteiger partial charge in [-0.1, -0.05) is 36.7 Å². The molecule has 0 aliphatic carbocycles. The molecule has 0 aliphatic heterocycles. The standard InChI is InChI=1S/C20H20ClNOS/c1-4-13(2)22(3)20(23)16-9-10-18-15(11-12-24-18)19(16)14-7-5-6-8-17(14)21/h5-13H,4H2,1-3H3. The van der Waals surface area contributed by atoms with Crippen LogP contribution in [0, 0.1) is 0 Å². The van der Waals surface area contributed by atoms with Crippen molar-refractivity contribution in [3.63, 3.8) is 0 Å². The lowest BCUT2D eigenvalue weighted by molar-refractivity contribution is 0.0741. The Labute approximate surface area is 151 Å². The lowest BCUT2D eigenvalue weighted by atomic mass is 9.95. The maximum Gasteiger partial charge on any atom is 0.254 e. The fourth-order valence-electron chi connectivity index (χ4n) is 2.84. The maximum absolute atomic E-state index is 13.1. The third kappa shape index (κ3) is 2.94. The summed E-state index contributed by atoms with van der Waals surface area (Å²) < 4.78 is 1.16. The van der Waals surface area contributed by atoms with Crippen LogP contribution in [0.3, 0.4) is 0 Å². The zero-order chi connectivity index (χ0) is 17.3. The zero-order valence-electron chi connectivity index (χ0n) is 14.0. The van der Waals surface area contributed by atoms with Crippen molar-refractivity contribution < 1.29 is 4.79 Å². The minimum absolute atomic E-state index is 0.0346. The average molecular weight is 358 g/mol. The summed E-state index contributed by atoms with van der Waals surface area (Å²) in [4.78, 5) is 14.9. The van der Waals surface area contributed by atoms with Crippen LogP contribution in [0.4, 0.5) is 0 Å². The van der Waals surface area contributed by atoms with Crippen molar-refractivity contribution in [3.8, 4) is 11.1 Å². The maximum atomic E-state index is 13.1. The summed E-state index contributed by atoms with van der Waals surface area (Å²) in [6, 6.07) is 13.9. The molecule has 1 atom stereocenters. The van der Waals surface area contributed by atoms with Crippen LogP contribution in [-0.4, -0.2) is 23.9 Å².